The van der Waals surface area contributed by atoms with E-state index in [1.807, 2.05) is 4.57 Å². The molecule has 26 heavy (non-hydrogen) atoms. The molecule has 1 aromatic heterocycles. The fraction of sp³-hybridized carbons (Fsp3) is 0.500. The van der Waals surface area contributed by atoms with Gasteiger partial charge in [-0.2, -0.15) is 0 Å². The van der Waals surface area contributed by atoms with Gasteiger partial charge >= 0.3 is 0 Å². The van der Waals surface area contributed by atoms with Gasteiger partial charge in [-0.05, 0) is 32.3 Å². The normalized spacial score (nSPS) is 15.9. The SMILES string of the molecule is Cc1ccc([N+](=O)[O-])cc1S(=O)(=O)N[C@@H](C)c1nnc2n1CCCCC2. The molecule has 0 spiro atoms. The molecule has 0 bridgehead atoms. The molecule has 0 fully saturated rings. The fourth-order valence-electron chi connectivity index (χ4n) is 3.17. The van der Waals surface area contributed by atoms with E-state index in [0.717, 1.165) is 44.1 Å². The van der Waals surface area contributed by atoms with Crippen molar-refractivity contribution in [3.63, 3.8) is 0 Å². The second-order valence-electron chi connectivity index (χ2n) is 6.49. The van der Waals surface area contributed by atoms with Gasteiger partial charge < -0.3 is 4.57 Å². The van der Waals surface area contributed by atoms with Gasteiger partial charge in [0.15, 0.2) is 5.82 Å². The van der Waals surface area contributed by atoms with Gasteiger partial charge in [0.2, 0.25) is 10.0 Å². The van der Waals surface area contributed by atoms with E-state index < -0.39 is 21.0 Å². The minimum atomic E-state index is -3.94. The molecule has 1 aliphatic rings. The zero-order valence-corrected chi connectivity index (χ0v) is 15.5. The molecule has 3 rings (SSSR count). The number of sulfonamides is 1. The quantitative estimate of drug-likeness (QED) is 0.628. The highest BCUT2D eigenvalue weighted by Crippen LogP contribution is 2.24. The molecule has 1 atom stereocenters. The Hall–Kier alpha value is -2.33. The minimum Gasteiger partial charge on any atom is -0.314 e. The zero-order chi connectivity index (χ0) is 18.9. The monoisotopic (exact) mass is 379 g/mol. The molecule has 1 aromatic carbocycles. The molecule has 1 aliphatic heterocycles. The molecule has 9 nitrogen and oxygen atoms in total. The molecule has 0 saturated carbocycles. The molecule has 0 amide bonds. The Balaban J connectivity index is 1.90. The van der Waals surface area contributed by atoms with Crippen LogP contribution in [0.4, 0.5) is 5.69 Å². The lowest BCUT2D eigenvalue weighted by Gasteiger charge is -2.16. The molecule has 2 aromatic rings. The first-order valence-corrected chi connectivity index (χ1v) is 9.97. The second kappa shape index (κ2) is 7.12. The number of rotatable bonds is 5. The number of fused-ring (bicyclic) bond motifs is 1. The average Bonchev–Trinajstić information content (AvgIpc) is 2.83. The number of aromatic nitrogens is 3. The Morgan fingerprint density at radius 3 is 2.77 bits per heavy atom. The van der Waals surface area contributed by atoms with Gasteiger partial charge in [0.1, 0.15) is 5.82 Å². The summed E-state index contributed by atoms with van der Waals surface area (Å²) in [6.45, 7) is 4.07. The third kappa shape index (κ3) is 3.61. The molecule has 2 heterocycles. The predicted octanol–water partition coefficient (Wildman–Crippen LogP) is 2.26. The van der Waals surface area contributed by atoms with Crippen molar-refractivity contribution >= 4 is 15.7 Å². The number of nitrogens with one attached hydrogen (secondary N) is 1. The van der Waals surface area contributed by atoms with Crippen LogP contribution in [0.25, 0.3) is 0 Å². The summed E-state index contributed by atoms with van der Waals surface area (Å²) in [7, 11) is -3.94. The Labute approximate surface area is 151 Å². The van der Waals surface area contributed by atoms with E-state index in [-0.39, 0.29) is 10.6 Å². The van der Waals surface area contributed by atoms with Crippen molar-refractivity contribution in [2.24, 2.45) is 0 Å². The van der Waals surface area contributed by atoms with Crippen molar-refractivity contribution in [1.82, 2.24) is 19.5 Å². The summed E-state index contributed by atoms with van der Waals surface area (Å²) in [5.41, 5.74) is 0.176. The van der Waals surface area contributed by atoms with Crippen molar-refractivity contribution < 1.29 is 13.3 Å². The van der Waals surface area contributed by atoms with Gasteiger partial charge in [0, 0.05) is 25.1 Å². The Morgan fingerprint density at radius 1 is 1.27 bits per heavy atom. The van der Waals surface area contributed by atoms with Crippen molar-refractivity contribution in [2.45, 2.75) is 57.0 Å². The van der Waals surface area contributed by atoms with Crippen LogP contribution in [0.5, 0.6) is 0 Å². The Bertz CT molecular complexity index is 938. The molecule has 140 valence electrons. The van der Waals surface area contributed by atoms with E-state index in [0.29, 0.717) is 11.4 Å². The van der Waals surface area contributed by atoms with E-state index in [4.69, 9.17) is 0 Å². The highest BCUT2D eigenvalue weighted by atomic mass is 32.2. The lowest BCUT2D eigenvalue weighted by molar-refractivity contribution is -0.385. The van der Waals surface area contributed by atoms with Crippen LogP contribution in [-0.2, 0) is 23.0 Å². The maximum absolute atomic E-state index is 12.8. The number of nitro groups is 1. The standard InChI is InChI=1S/C16H21N5O4S/c1-11-7-8-13(21(22)23)10-14(11)26(24,25)19-12(2)16-18-17-15-6-4-3-5-9-20(15)16/h7-8,10,12,19H,3-6,9H2,1-2H3/t12-/m0/s1. The molecular formula is C16H21N5O4S. The molecule has 10 heteroatoms. The summed E-state index contributed by atoms with van der Waals surface area (Å²) in [6, 6.07) is 3.20. The largest absolute Gasteiger partial charge is 0.314 e. The van der Waals surface area contributed by atoms with Crippen LogP contribution in [0.1, 0.15) is 49.4 Å². The summed E-state index contributed by atoms with van der Waals surface area (Å²) in [6.07, 6.45) is 3.98. The maximum atomic E-state index is 12.8. The van der Waals surface area contributed by atoms with Crippen molar-refractivity contribution in [1.29, 1.82) is 0 Å². The second-order valence-corrected chi connectivity index (χ2v) is 8.17. The fourth-order valence-corrected chi connectivity index (χ4v) is 4.63. The summed E-state index contributed by atoms with van der Waals surface area (Å²) >= 11 is 0. The van der Waals surface area contributed by atoms with Crippen LogP contribution in [-0.4, -0.2) is 28.1 Å². The third-order valence-corrected chi connectivity index (χ3v) is 6.21. The first kappa shape index (κ1) is 18.5. The van der Waals surface area contributed by atoms with Crippen LogP contribution in [0.2, 0.25) is 0 Å². The van der Waals surface area contributed by atoms with Crippen molar-refractivity contribution in [2.75, 3.05) is 0 Å². The molecular weight excluding hydrogens is 358 g/mol. The van der Waals surface area contributed by atoms with Gasteiger partial charge in [-0.3, -0.25) is 10.1 Å². The van der Waals surface area contributed by atoms with Gasteiger partial charge in [-0.1, -0.05) is 12.5 Å². The molecule has 0 aliphatic carbocycles. The number of nitrogens with zero attached hydrogens (tertiary/aromatic N) is 4. The summed E-state index contributed by atoms with van der Waals surface area (Å²) in [5.74, 6) is 1.43. The summed E-state index contributed by atoms with van der Waals surface area (Å²) < 4.78 is 30.1. The van der Waals surface area contributed by atoms with E-state index in [2.05, 4.69) is 14.9 Å². The molecule has 0 saturated heterocycles. The smallest absolute Gasteiger partial charge is 0.270 e. The van der Waals surface area contributed by atoms with Crippen LogP contribution in [0, 0.1) is 17.0 Å². The van der Waals surface area contributed by atoms with E-state index in [1.54, 1.807) is 13.8 Å². The Kier molecular flexibility index (Phi) is 5.05. The van der Waals surface area contributed by atoms with Crippen molar-refractivity contribution in [3.05, 3.63) is 45.5 Å². The highest BCUT2D eigenvalue weighted by Gasteiger charge is 2.26. The van der Waals surface area contributed by atoms with Crippen molar-refractivity contribution in [3.8, 4) is 0 Å². The number of hydrogen-bond acceptors (Lipinski definition) is 6. The average molecular weight is 379 g/mol. The van der Waals surface area contributed by atoms with E-state index in [9.17, 15) is 18.5 Å². The minimum absolute atomic E-state index is 0.103. The van der Waals surface area contributed by atoms with Crippen LogP contribution < -0.4 is 4.72 Å². The van der Waals surface area contributed by atoms with Crippen LogP contribution in [0.15, 0.2) is 23.1 Å². The number of nitro benzene ring substituents is 1. The van der Waals surface area contributed by atoms with Crippen LogP contribution >= 0.6 is 0 Å². The molecule has 0 unspecified atom stereocenters. The maximum Gasteiger partial charge on any atom is 0.270 e. The third-order valence-electron chi connectivity index (χ3n) is 4.53. The van der Waals surface area contributed by atoms with Crippen LogP contribution in [0.3, 0.4) is 0 Å². The topological polar surface area (TPSA) is 120 Å². The lowest BCUT2D eigenvalue weighted by Crippen LogP contribution is -2.29. The van der Waals surface area contributed by atoms with Gasteiger partial charge in [-0.25, -0.2) is 13.1 Å². The lowest BCUT2D eigenvalue weighted by atomic mass is 10.2. The summed E-state index contributed by atoms with van der Waals surface area (Å²) in [5, 5.41) is 19.3. The summed E-state index contributed by atoms with van der Waals surface area (Å²) in [4.78, 5) is 10.2. The van der Waals surface area contributed by atoms with Gasteiger partial charge in [-0.15, -0.1) is 10.2 Å². The molecule has 1 N–H and O–H groups in total. The number of hydrogen-bond donors (Lipinski definition) is 1. The Morgan fingerprint density at radius 2 is 2.04 bits per heavy atom. The zero-order valence-electron chi connectivity index (χ0n) is 14.7. The highest BCUT2D eigenvalue weighted by molar-refractivity contribution is 7.89. The van der Waals surface area contributed by atoms with E-state index >= 15 is 0 Å². The number of benzene rings is 1. The van der Waals surface area contributed by atoms with Gasteiger partial charge in [0.05, 0.1) is 15.9 Å². The molecule has 0 radical (unpaired) electrons. The number of non-ortho nitro benzene ring substituents is 1. The van der Waals surface area contributed by atoms with Gasteiger partial charge in [0.25, 0.3) is 5.69 Å². The first-order chi connectivity index (χ1) is 12.3. The van der Waals surface area contributed by atoms with E-state index in [1.165, 1.54) is 12.1 Å². The predicted molar refractivity (Wildman–Crippen MR) is 94.1 cm³/mol. The first-order valence-electron chi connectivity index (χ1n) is 8.49. The number of aryl methyl sites for hydroxylation is 2.